The van der Waals surface area contributed by atoms with E-state index in [9.17, 15) is 19.4 Å². The molecule has 2 aromatic carbocycles. The normalized spacial score (nSPS) is 23.4. The summed E-state index contributed by atoms with van der Waals surface area (Å²) in [5.41, 5.74) is 0.280. The third-order valence-electron chi connectivity index (χ3n) is 6.02. The van der Waals surface area contributed by atoms with E-state index in [0.29, 0.717) is 36.4 Å². The van der Waals surface area contributed by atoms with Gasteiger partial charge in [0.25, 0.3) is 0 Å². The second-order valence-electron chi connectivity index (χ2n) is 8.06. The molecule has 7 nitrogen and oxygen atoms in total. The molecular formula is C23H27FN2O5. The molecule has 31 heavy (non-hydrogen) atoms. The second-order valence-corrected chi connectivity index (χ2v) is 8.06. The molecule has 0 spiro atoms. The van der Waals surface area contributed by atoms with Gasteiger partial charge in [0.2, 0.25) is 5.91 Å². The van der Waals surface area contributed by atoms with E-state index in [0.717, 1.165) is 5.56 Å². The molecule has 0 aromatic heterocycles. The lowest BCUT2D eigenvalue weighted by Crippen LogP contribution is -2.57. The highest BCUT2D eigenvalue weighted by atomic mass is 19.1. The number of rotatable bonds is 6. The van der Waals surface area contributed by atoms with Crippen LogP contribution in [0, 0.1) is 5.82 Å². The molecule has 0 bridgehead atoms. The second kappa shape index (κ2) is 8.82. The Hall–Kier alpha value is -2.68. The van der Waals surface area contributed by atoms with E-state index in [-0.39, 0.29) is 37.7 Å². The summed E-state index contributed by atoms with van der Waals surface area (Å²) in [6, 6.07) is 10.1. The van der Waals surface area contributed by atoms with Crippen molar-refractivity contribution < 1.29 is 28.9 Å². The molecule has 2 aliphatic rings. The number of piperidine rings is 1. The number of benzene rings is 2. The molecule has 2 atom stereocenters. The van der Waals surface area contributed by atoms with Crippen molar-refractivity contribution in [3.8, 4) is 11.5 Å². The highest BCUT2D eigenvalue weighted by Gasteiger charge is 2.39. The van der Waals surface area contributed by atoms with Crippen LogP contribution >= 0.6 is 0 Å². The first-order valence-electron chi connectivity index (χ1n) is 10.4. The summed E-state index contributed by atoms with van der Waals surface area (Å²) in [7, 11) is 1.58. The van der Waals surface area contributed by atoms with E-state index in [4.69, 9.17) is 9.47 Å². The number of anilines is 1. The molecule has 4 rings (SSSR count). The van der Waals surface area contributed by atoms with Crippen molar-refractivity contribution in [3.63, 3.8) is 0 Å². The third kappa shape index (κ3) is 4.37. The predicted octanol–water partition coefficient (Wildman–Crippen LogP) is 1.78. The van der Waals surface area contributed by atoms with Gasteiger partial charge in [-0.05, 0) is 49.2 Å². The van der Waals surface area contributed by atoms with E-state index in [2.05, 4.69) is 5.32 Å². The van der Waals surface area contributed by atoms with Crippen LogP contribution in [0.15, 0.2) is 36.4 Å². The van der Waals surface area contributed by atoms with Gasteiger partial charge in [-0.25, -0.2) is 4.39 Å². The lowest BCUT2D eigenvalue weighted by molar-refractivity contribution is -0.119. The Morgan fingerprint density at radius 1 is 1.23 bits per heavy atom. The quantitative estimate of drug-likeness (QED) is 0.647. The molecule has 8 heteroatoms. The van der Waals surface area contributed by atoms with E-state index in [1.807, 2.05) is 12.1 Å². The molecule has 0 aliphatic carbocycles. The number of fused-ring (bicyclic) bond motifs is 1. The number of carbonyl (C=O) groups excluding carboxylic acids is 1. The van der Waals surface area contributed by atoms with Gasteiger partial charge in [-0.1, -0.05) is 12.1 Å². The minimum Gasteiger partial charge on any atom is -0.497 e. The highest BCUT2D eigenvalue weighted by molar-refractivity contribution is 5.97. The first-order chi connectivity index (χ1) is 14.9. The predicted molar refractivity (Wildman–Crippen MR) is 113 cm³/mol. The molecule has 0 saturated carbocycles. The Labute approximate surface area is 180 Å². The van der Waals surface area contributed by atoms with Gasteiger partial charge in [-0.2, -0.15) is 0 Å². The first kappa shape index (κ1) is 21.5. The molecule has 166 valence electrons. The number of amides is 1. The Morgan fingerprint density at radius 3 is 2.71 bits per heavy atom. The topological polar surface area (TPSA) is 91.3 Å². The van der Waals surface area contributed by atoms with Crippen molar-refractivity contribution in [2.45, 2.75) is 37.5 Å². The number of carbonyl (C=O) groups is 1. The molecule has 3 N–H and O–H groups in total. The van der Waals surface area contributed by atoms with Gasteiger partial charge >= 0.3 is 0 Å². The van der Waals surface area contributed by atoms with Crippen LogP contribution in [0.2, 0.25) is 0 Å². The van der Waals surface area contributed by atoms with E-state index in [1.165, 1.54) is 17.0 Å². The third-order valence-corrected chi connectivity index (χ3v) is 6.02. The zero-order chi connectivity index (χ0) is 22.0. The number of aliphatic hydroxyl groups excluding tert-OH is 1. The Balaban J connectivity index is 1.59. The fraction of sp³-hybridized carbons (Fsp3) is 0.435. The van der Waals surface area contributed by atoms with Crippen LogP contribution < -0.4 is 19.7 Å². The van der Waals surface area contributed by atoms with Crippen LogP contribution in [0.1, 0.15) is 24.0 Å². The van der Waals surface area contributed by atoms with E-state index >= 15 is 0 Å². The summed E-state index contributed by atoms with van der Waals surface area (Å²) in [4.78, 5) is 14.1. The van der Waals surface area contributed by atoms with Crippen molar-refractivity contribution in [1.82, 2.24) is 5.32 Å². The zero-order valence-corrected chi connectivity index (χ0v) is 17.4. The molecule has 1 amide bonds. The van der Waals surface area contributed by atoms with E-state index in [1.54, 1.807) is 19.2 Å². The van der Waals surface area contributed by atoms with Gasteiger partial charge in [0.05, 0.1) is 25.4 Å². The highest BCUT2D eigenvalue weighted by Crippen LogP contribution is 2.38. The number of methoxy groups -OCH3 is 1. The van der Waals surface area contributed by atoms with Gasteiger partial charge in [0.15, 0.2) is 0 Å². The van der Waals surface area contributed by atoms with Crippen LogP contribution in [0.3, 0.4) is 0 Å². The van der Waals surface area contributed by atoms with Crippen molar-refractivity contribution in [2.24, 2.45) is 0 Å². The molecule has 0 radical (unpaired) electrons. The van der Waals surface area contributed by atoms with Gasteiger partial charge in [-0.15, -0.1) is 0 Å². The average molecular weight is 430 g/mol. The first-order valence-corrected chi connectivity index (χ1v) is 10.4. The van der Waals surface area contributed by atoms with E-state index < -0.39 is 17.5 Å². The summed E-state index contributed by atoms with van der Waals surface area (Å²) in [5.74, 6) is 0.466. The van der Waals surface area contributed by atoms with Crippen molar-refractivity contribution in [1.29, 1.82) is 0 Å². The number of halogens is 1. The summed E-state index contributed by atoms with van der Waals surface area (Å²) >= 11 is 0. The monoisotopic (exact) mass is 430 g/mol. The van der Waals surface area contributed by atoms with Crippen LogP contribution in [0.5, 0.6) is 11.5 Å². The lowest BCUT2D eigenvalue weighted by Gasteiger charge is -2.37. The Morgan fingerprint density at radius 2 is 2.00 bits per heavy atom. The number of ether oxygens (including phenoxy) is 2. The molecule has 2 aromatic rings. The van der Waals surface area contributed by atoms with Crippen molar-refractivity contribution in [2.75, 3.05) is 31.7 Å². The number of β-amino-alcohol motifs (C(OH)–C–C–N with tert-alkyl or cyclic N) is 1. The lowest BCUT2D eigenvalue weighted by atomic mass is 9.90. The van der Waals surface area contributed by atoms with Crippen LogP contribution in [0.25, 0.3) is 0 Å². The fourth-order valence-corrected chi connectivity index (χ4v) is 4.10. The number of nitrogens with one attached hydrogen (secondary N) is 1. The Bertz CT molecular complexity index is 952. The molecule has 2 aliphatic heterocycles. The van der Waals surface area contributed by atoms with Crippen molar-refractivity contribution in [3.05, 3.63) is 53.3 Å². The summed E-state index contributed by atoms with van der Waals surface area (Å²) < 4.78 is 25.9. The SMILES string of the molecule is COc1ccc(CN2C(=O)CCc3c(OC[C@]4(O)CCNC[C@H]4O)ccc(F)c32)cc1. The maximum Gasteiger partial charge on any atom is 0.227 e. The molecule has 1 fully saturated rings. The van der Waals surface area contributed by atoms with Crippen LogP contribution in [0.4, 0.5) is 10.1 Å². The fourth-order valence-electron chi connectivity index (χ4n) is 4.10. The largest absolute Gasteiger partial charge is 0.497 e. The summed E-state index contributed by atoms with van der Waals surface area (Å²) in [6.45, 7) is 0.971. The average Bonchev–Trinajstić information content (AvgIpc) is 2.78. The number of hydrogen-bond acceptors (Lipinski definition) is 6. The van der Waals surface area contributed by atoms with Crippen molar-refractivity contribution >= 4 is 11.6 Å². The number of nitrogens with zero attached hydrogens (tertiary/aromatic N) is 1. The molecule has 2 heterocycles. The Kier molecular flexibility index (Phi) is 6.13. The standard InChI is InChI=1S/C23H27FN2O5/c1-30-16-4-2-15(3-5-16)13-26-21(28)9-6-17-19(8-7-18(24)22(17)26)31-14-23(29)10-11-25-12-20(23)27/h2-5,7-8,20,25,27,29H,6,9-14H2,1H3/t20-,23-/m1/s1. The molecule has 0 unspecified atom stereocenters. The minimum absolute atomic E-state index is 0.111. The number of hydrogen-bond donors (Lipinski definition) is 3. The molecule has 1 saturated heterocycles. The van der Waals surface area contributed by atoms with Gasteiger partial charge in [0.1, 0.15) is 29.5 Å². The summed E-state index contributed by atoms with van der Waals surface area (Å²) in [5, 5.41) is 23.9. The zero-order valence-electron chi connectivity index (χ0n) is 17.4. The molecular weight excluding hydrogens is 403 g/mol. The van der Waals surface area contributed by atoms with Gasteiger partial charge in [-0.3, -0.25) is 4.79 Å². The van der Waals surface area contributed by atoms with Gasteiger partial charge in [0, 0.05) is 18.5 Å². The number of aliphatic hydroxyl groups is 2. The maximum atomic E-state index is 14.9. The minimum atomic E-state index is -1.38. The van der Waals surface area contributed by atoms with Crippen LogP contribution in [-0.2, 0) is 17.8 Å². The van der Waals surface area contributed by atoms with Gasteiger partial charge < -0.3 is 29.9 Å². The van der Waals surface area contributed by atoms with Crippen LogP contribution in [-0.4, -0.2) is 54.6 Å². The maximum absolute atomic E-state index is 14.9. The summed E-state index contributed by atoms with van der Waals surface area (Å²) in [6.07, 6.45) is -0.0202. The smallest absolute Gasteiger partial charge is 0.227 e.